The van der Waals surface area contributed by atoms with Crippen LogP contribution in [0.2, 0.25) is 0 Å². The van der Waals surface area contributed by atoms with Crippen molar-refractivity contribution >= 4 is 11.3 Å². The minimum absolute atomic E-state index is 0.307. The van der Waals surface area contributed by atoms with Gasteiger partial charge >= 0.3 is 0 Å². The number of likely N-dealkylation sites (N-methyl/N-ethyl adjacent to an activating group) is 1. The zero-order valence-corrected chi connectivity index (χ0v) is 10.5. The van der Waals surface area contributed by atoms with Crippen LogP contribution in [0.4, 0.5) is 0 Å². The van der Waals surface area contributed by atoms with Gasteiger partial charge in [0.15, 0.2) is 0 Å². The molecule has 1 nitrogen and oxygen atoms in total. The molecule has 1 rings (SSSR count). The second kappa shape index (κ2) is 4.94. The van der Waals surface area contributed by atoms with Crippen molar-refractivity contribution in [2.24, 2.45) is 0 Å². The van der Waals surface area contributed by atoms with Gasteiger partial charge in [0, 0.05) is 9.75 Å². The molecule has 0 aliphatic rings. The highest BCUT2D eigenvalue weighted by atomic mass is 32.1. The minimum atomic E-state index is 0.307. The summed E-state index contributed by atoms with van der Waals surface area (Å²) in [6, 6.07) is 4.54. The molecule has 1 aromatic rings. The lowest BCUT2D eigenvalue weighted by Crippen LogP contribution is -2.15. The van der Waals surface area contributed by atoms with Crippen LogP contribution < -0.4 is 5.32 Å². The van der Waals surface area contributed by atoms with Gasteiger partial charge in [-0.05, 0) is 37.1 Å². The lowest BCUT2D eigenvalue weighted by molar-refractivity contribution is 0.604. The molecule has 1 heterocycles. The van der Waals surface area contributed by atoms with Gasteiger partial charge in [0.2, 0.25) is 0 Å². The summed E-state index contributed by atoms with van der Waals surface area (Å²) >= 11 is 1.95. The van der Waals surface area contributed by atoms with E-state index < -0.39 is 0 Å². The highest BCUT2D eigenvalue weighted by molar-refractivity contribution is 7.12. The Balaban J connectivity index is 2.51. The van der Waals surface area contributed by atoms with Crippen molar-refractivity contribution in [3.8, 4) is 0 Å². The van der Waals surface area contributed by atoms with E-state index in [0.29, 0.717) is 5.41 Å². The van der Waals surface area contributed by atoms with Gasteiger partial charge in [-0.3, -0.25) is 0 Å². The van der Waals surface area contributed by atoms with E-state index in [1.807, 2.05) is 11.3 Å². The molecule has 0 aliphatic heterocycles. The van der Waals surface area contributed by atoms with Gasteiger partial charge in [0.05, 0.1) is 0 Å². The molecule has 0 amide bonds. The predicted octanol–water partition coefficient (Wildman–Crippen LogP) is 3.20. The molecule has 0 radical (unpaired) electrons. The van der Waals surface area contributed by atoms with E-state index in [2.05, 4.69) is 45.1 Å². The first-order chi connectivity index (χ1) is 6.54. The van der Waals surface area contributed by atoms with Crippen molar-refractivity contribution in [1.82, 2.24) is 5.32 Å². The summed E-state index contributed by atoms with van der Waals surface area (Å²) in [5.41, 5.74) is 0.307. The average Bonchev–Trinajstić information content (AvgIpc) is 2.52. The van der Waals surface area contributed by atoms with Gasteiger partial charge in [0.1, 0.15) is 0 Å². The monoisotopic (exact) mass is 211 g/mol. The fourth-order valence-corrected chi connectivity index (χ4v) is 2.37. The molecule has 14 heavy (non-hydrogen) atoms. The van der Waals surface area contributed by atoms with Crippen LogP contribution in [0.15, 0.2) is 12.1 Å². The summed E-state index contributed by atoms with van der Waals surface area (Å²) in [4.78, 5) is 2.99. The molecule has 1 N–H and O–H groups in total. The lowest BCUT2D eigenvalue weighted by atomic mass is 9.95. The SMILES string of the molecule is CCNCCc1ccc(C(C)(C)C)s1. The lowest BCUT2D eigenvalue weighted by Gasteiger charge is -2.15. The molecule has 0 aromatic carbocycles. The fraction of sp³-hybridized carbons (Fsp3) is 0.667. The fourth-order valence-electron chi connectivity index (χ4n) is 1.30. The van der Waals surface area contributed by atoms with Crippen molar-refractivity contribution in [3.05, 3.63) is 21.9 Å². The van der Waals surface area contributed by atoms with Crippen LogP contribution in [0.25, 0.3) is 0 Å². The zero-order valence-electron chi connectivity index (χ0n) is 9.68. The maximum Gasteiger partial charge on any atom is 0.0102 e. The van der Waals surface area contributed by atoms with E-state index in [4.69, 9.17) is 0 Å². The summed E-state index contributed by atoms with van der Waals surface area (Å²) in [6.45, 7) is 11.1. The molecule has 2 heteroatoms. The number of hydrogen-bond donors (Lipinski definition) is 1. The van der Waals surface area contributed by atoms with E-state index in [1.54, 1.807) is 0 Å². The molecule has 0 saturated carbocycles. The van der Waals surface area contributed by atoms with Crippen molar-refractivity contribution in [2.45, 2.75) is 39.5 Å². The second-order valence-corrected chi connectivity index (χ2v) is 5.79. The third-order valence-electron chi connectivity index (χ3n) is 2.20. The van der Waals surface area contributed by atoms with E-state index >= 15 is 0 Å². The standard InChI is InChI=1S/C12H21NS/c1-5-13-9-8-10-6-7-11(14-10)12(2,3)4/h6-7,13H,5,8-9H2,1-4H3. The van der Waals surface area contributed by atoms with Crippen molar-refractivity contribution < 1.29 is 0 Å². The van der Waals surface area contributed by atoms with Crippen LogP contribution in [0, 0.1) is 0 Å². The Hall–Kier alpha value is -0.340. The number of nitrogens with one attached hydrogen (secondary N) is 1. The van der Waals surface area contributed by atoms with E-state index in [-0.39, 0.29) is 0 Å². The van der Waals surface area contributed by atoms with E-state index in [0.717, 1.165) is 19.5 Å². The normalized spacial score (nSPS) is 12.0. The van der Waals surface area contributed by atoms with Crippen molar-refractivity contribution in [1.29, 1.82) is 0 Å². The van der Waals surface area contributed by atoms with Crippen LogP contribution in [0.3, 0.4) is 0 Å². The van der Waals surface area contributed by atoms with Crippen LogP contribution in [-0.4, -0.2) is 13.1 Å². The number of hydrogen-bond acceptors (Lipinski definition) is 2. The Bertz CT molecular complexity index is 270. The highest BCUT2D eigenvalue weighted by Crippen LogP contribution is 2.29. The Morgan fingerprint density at radius 1 is 1.29 bits per heavy atom. The summed E-state index contributed by atoms with van der Waals surface area (Å²) in [7, 11) is 0. The molecule has 1 aromatic heterocycles. The summed E-state index contributed by atoms with van der Waals surface area (Å²) < 4.78 is 0. The maximum absolute atomic E-state index is 3.35. The maximum atomic E-state index is 3.35. The first kappa shape index (κ1) is 11.7. The summed E-state index contributed by atoms with van der Waals surface area (Å²) in [5.74, 6) is 0. The van der Waals surface area contributed by atoms with Gasteiger partial charge < -0.3 is 5.32 Å². The summed E-state index contributed by atoms with van der Waals surface area (Å²) in [6.07, 6.45) is 1.16. The molecule has 0 bridgehead atoms. The van der Waals surface area contributed by atoms with Gasteiger partial charge in [-0.2, -0.15) is 0 Å². The minimum Gasteiger partial charge on any atom is -0.317 e. The molecule has 0 unspecified atom stereocenters. The smallest absolute Gasteiger partial charge is 0.0102 e. The second-order valence-electron chi connectivity index (χ2n) is 4.62. The molecule has 0 atom stereocenters. The molecular formula is C12H21NS. The van der Waals surface area contributed by atoms with Gasteiger partial charge in [-0.15, -0.1) is 11.3 Å². The Labute approximate surface area is 91.5 Å². The molecule has 0 spiro atoms. The molecular weight excluding hydrogens is 190 g/mol. The van der Waals surface area contributed by atoms with E-state index in [1.165, 1.54) is 9.75 Å². The van der Waals surface area contributed by atoms with Gasteiger partial charge in [-0.25, -0.2) is 0 Å². The first-order valence-electron chi connectivity index (χ1n) is 5.34. The molecule has 0 fully saturated rings. The molecule has 80 valence electrons. The van der Waals surface area contributed by atoms with Crippen molar-refractivity contribution in [3.63, 3.8) is 0 Å². The first-order valence-corrected chi connectivity index (χ1v) is 6.15. The Kier molecular flexibility index (Phi) is 4.14. The predicted molar refractivity (Wildman–Crippen MR) is 65.3 cm³/mol. The molecule has 0 saturated heterocycles. The molecule has 0 aliphatic carbocycles. The average molecular weight is 211 g/mol. The number of rotatable bonds is 4. The number of thiophene rings is 1. The Morgan fingerprint density at radius 3 is 2.50 bits per heavy atom. The zero-order chi connectivity index (χ0) is 10.6. The third kappa shape index (κ3) is 3.43. The quantitative estimate of drug-likeness (QED) is 0.754. The van der Waals surface area contributed by atoms with Gasteiger partial charge in [-0.1, -0.05) is 27.7 Å². The third-order valence-corrected chi connectivity index (χ3v) is 3.77. The van der Waals surface area contributed by atoms with Crippen molar-refractivity contribution in [2.75, 3.05) is 13.1 Å². The largest absolute Gasteiger partial charge is 0.317 e. The topological polar surface area (TPSA) is 12.0 Å². The highest BCUT2D eigenvalue weighted by Gasteiger charge is 2.15. The summed E-state index contributed by atoms with van der Waals surface area (Å²) in [5, 5.41) is 3.35. The van der Waals surface area contributed by atoms with Crippen LogP contribution >= 0.6 is 11.3 Å². The van der Waals surface area contributed by atoms with Crippen LogP contribution in [-0.2, 0) is 11.8 Å². The van der Waals surface area contributed by atoms with Crippen LogP contribution in [0.1, 0.15) is 37.4 Å². The van der Waals surface area contributed by atoms with E-state index in [9.17, 15) is 0 Å². The van der Waals surface area contributed by atoms with Crippen LogP contribution in [0.5, 0.6) is 0 Å². The Morgan fingerprint density at radius 2 is 2.00 bits per heavy atom. The van der Waals surface area contributed by atoms with Gasteiger partial charge in [0.25, 0.3) is 0 Å².